The van der Waals surface area contributed by atoms with Gasteiger partial charge in [0.15, 0.2) is 5.75 Å². The lowest BCUT2D eigenvalue weighted by molar-refractivity contribution is 0.473. The molecule has 1 heterocycles. The first-order valence-corrected chi connectivity index (χ1v) is 6.54. The van der Waals surface area contributed by atoms with Crippen molar-refractivity contribution in [3.05, 3.63) is 40.6 Å². The van der Waals surface area contributed by atoms with E-state index in [4.69, 9.17) is 10.5 Å². The summed E-state index contributed by atoms with van der Waals surface area (Å²) in [5.41, 5.74) is 6.94. The van der Waals surface area contributed by atoms with E-state index in [1.165, 1.54) is 0 Å². The van der Waals surface area contributed by atoms with Crippen LogP contribution in [0.2, 0.25) is 0 Å². The van der Waals surface area contributed by atoms with Gasteiger partial charge in [0.1, 0.15) is 5.75 Å². The molecule has 0 saturated carbocycles. The van der Waals surface area contributed by atoms with Crippen LogP contribution in [-0.2, 0) is 13.5 Å². The number of rotatable bonds is 4. The summed E-state index contributed by atoms with van der Waals surface area (Å²) in [6.45, 7) is 1.98. The molecule has 0 radical (unpaired) electrons. The van der Waals surface area contributed by atoms with Crippen LogP contribution in [0, 0.1) is 0 Å². The first kappa shape index (κ1) is 13.1. The van der Waals surface area contributed by atoms with Crippen LogP contribution in [0.4, 0.5) is 0 Å². The van der Waals surface area contributed by atoms with Gasteiger partial charge < -0.3 is 10.5 Å². The molecule has 2 rings (SSSR count). The average molecular weight is 310 g/mol. The van der Waals surface area contributed by atoms with Gasteiger partial charge in [-0.15, -0.1) is 0 Å². The molecule has 1 aromatic heterocycles. The first-order valence-electron chi connectivity index (χ1n) is 5.75. The molecule has 96 valence electrons. The summed E-state index contributed by atoms with van der Waals surface area (Å²) in [6.07, 6.45) is 4.30. The molecule has 0 aliphatic carbocycles. The Morgan fingerprint density at radius 2 is 2.28 bits per heavy atom. The van der Waals surface area contributed by atoms with Gasteiger partial charge in [-0.3, -0.25) is 4.68 Å². The highest BCUT2D eigenvalue weighted by atomic mass is 79.9. The molecule has 5 heteroatoms. The highest BCUT2D eigenvalue weighted by Crippen LogP contribution is 2.29. The van der Waals surface area contributed by atoms with E-state index in [0.29, 0.717) is 0 Å². The Morgan fingerprint density at radius 1 is 1.50 bits per heavy atom. The molecule has 0 fully saturated rings. The van der Waals surface area contributed by atoms with E-state index >= 15 is 0 Å². The van der Waals surface area contributed by atoms with Gasteiger partial charge in [-0.05, 0) is 31.0 Å². The minimum Gasteiger partial charge on any atom is -0.454 e. The number of aryl methyl sites for hydroxylation is 1. The second kappa shape index (κ2) is 5.54. The van der Waals surface area contributed by atoms with Gasteiger partial charge >= 0.3 is 0 Å². The fourth-order valence-electron chi connectivity index (χ4n) is 1.72. The van der Waals surface area contributed by atoms with Crippen molar-refractivity contribution in [3.8, 4) is 11.5 Å². The predicted molar refractivity (Wildman–Crippen MR) is 74.8 cm³/mol. The van der Waals surface area contributed by atoms with Crippen molar-refractivity contribution in [1.82, 2.24) is 9.78 Å². The lowest BCUT2D eigenvalue weighted by Crippen LogP contribution is -2.18. The average Bonchev–Trinajstić information content (AvgIpc) is 2.67. The Bertz CT molecular complexity index is 537. The number of benzene rings is 1. The van der Waals surface area contributed by atoms with E-state index < -0.39 is 0 Å². The maximum atomic E-state index is 5.85. The standard InChI is InChI=1S/C13H16BrN3O/c1-9(15)5-10-3-4-11(14)6-13(10)18-12-7-16-17(2)8-12/h3-4,6-9H,5,15H2,1-2H3. The largest absolute Gasteiger partial charge is 0.454 e. The molecule has 0 aliphatic rings. The van der Waals surface area contributed by atoms with Crippen LogP contribution in [0.5, 0.6) is 11.5 Å². The summed E-state index contributed by atoms with van der Waals surface area (Å²) in [4.78, 5) is 0. The van der Waals surface area contributed by atoms with Crippen LogP contribution >= 0.6 is 15.9 Å². The minimum absolute atomic E-state index is 0.0995. The summed E-state index contributed by atoms with van der Waals surface area (Å²) in [6, 6.07) is 6.07. The van der Waals surface area contributed by atoms with Crippen LogP contribution in [-0.4, -0.2) is 15.8 Å². The monoisotopic (exact) mass is 309 g/mol. The van der Waals surface area contributed by atoms with Crippen molar-refractivity contribution in [2.45, 2.75) is 19.4 Å². The molecule has 1 aromatic carbocycles. The third-order valence-corrected chi connectivity index (χ3v) is 2.97. The quantitative estimate of drug-likeness (QED) is 0.945. The van der Waals surface area contributed by atoms with Crippen molar-refractivity contribution in [3.63, 3.8) is 0 Å². The minimum atomic E-state index is 0.0995. The zero-order valence-corrected chi connectivity index (χ0v) is 12.0. The van der Waals surface area contributed by atoms with Crippen LogP contribution in [0.1, 0.15) is 12.5 Å². The molecule has 0 spiro atoms. The van der Waals surface area contributed by atoms with Crippen LogP contribution in [0.25, 0.3) is 0 Å². The number of ether oxygens (including phenoxy) is 1. The molecule has 1 atom stereocenters. The number of halogens is 1. The van der Waals surface area contributed by atoms with Crippen molar-refractivity contribution < 1.29 is 4.74 Å². The SMILES string of the molecule is CC(N)Cc1ccc(Br)cc1Oc1cnn(C)c1. The molecule has 0 bridgehead atoms. The summed E-state index contributed by atoms with van der Waals surface area (Å²) in [5, 5.41) is 4.08. The van der Waals surface area contributed by atoms with Crippen molar-refractivity contribution >= 4 is 15.9 Å². The number of hydrogen-bond donors (Lipinski definition) is 1. The third-order valence-electron chi connectivity index (χ3n) is 2.48. The molecule has 4 nitrogen and oxygen atoms in total. The molecule has 2 N–H and O–H groups in total. The van der Waals surface area contributed by atoms with Crippen LogP contribution < -0.4 is 10.5 Å². The molecular formula is C13H16BrN3O. The second-order valence-electron chi connectivity index (χ2n) is 4.39. The Hall–Kier alpha value is -1.33. The van der Waals surface area contributed by atoms with Crippen molar-refractivity contribution in [1.29, 1.82) is 0 Å². The lowest BCUT2D eigenvalue weighted by atomic mass is 10.1. The molecule has 0 amide bonds. The third kappa shape index (κ3) is 3.34. The summed E-state index contributed by atoms with van der Waals surface area (Å²) < 4.78 is 8.53. The second-order valence-corrected chi connectivity index (χ2v) is 5.30. The van der Waals surface area contributed by atoms with Gasteiger partial charge in [-0.1, -0.05) is 22.0 Å². The van der Waals surface area contributed by atoms with Gasteiger partial charge in [0.05, 0.1) is 12.4 Å². The Kier molecular flexibility index (Phi) is 4.04. The van der Waals surface area contributed by atoms with Crippen LogP contribution in [0.3, 0.4) is 0 Å². The predicted octanol–water partition coefficient (Wildman–Crippen LogP) is 2.86. The smallest absolute Gasteiger partial charge is 0.165 e. The zero-order valence-electron chi connectivity index (χ0n) is 10.4. The lowest BCUT2D eigenvalue weighted by Gasteiger charge is -2.12. The topological polar surface area (TPSA) is 53.1 Å². The highest BCUT2D eigenvalue weighted by molar-refractivity contribution is 9.10. The molecule has 2 aromatic rings. The van der Waals surface area contributed by atoms with Crippen molar-refractivity contribution in [2.75, 3.05) is 0 Å². The summed E-state index contributed by atoms with van der Waals surface area (Å²) >= 11 is 3.45. The number of hydrogen-bond acceptors (Lipinski definition) is 3. The Balaban J connectivity index is 2.27. The fourth-order valence-corrected chi connectivity index (χ4v) is 2.06. The van der Waals surface area contributed by atoms with Gasteiger partial charge in [0.25, 0.3) is 0 Å². The number of nitrogens with zero attached hydrogens (tertiary/aromatic N) is 2. The Labute approximate surface area is 115 Å². The summed E-state index contributed by atoms with van der Waals surface area (Å²) in [7, 11) is 1.86. The maximum absolute atomic E-state index is 5.85. The molecular weight excluding hydrogens is 294 g/mol. The van der Waals surface area contributed by atoms with E-state index in [1.807, 2.05) is 38.4 Å². The maximum Gasteiger partial charge on any atom is 0.165 e. The fraction of sp³-hybridized carbons (Fsp3) is 0.308. The van der Waals surface area contributed by atoms with E-state index in [9.17, 15) is 0 Å². The highest BCUT2D eigenvalue weighted by Gasteiger charge is 2.09. The van der Waals surface area contributed by atoms with Crippen molar-refractivity contribution in [2.24, 2.45) is 12.8 Å². The van der Waals surface area contributed by atoms with E-state index in [1.54, 1.807) is 10.9 Å². The zero-order chi connectivity index (χ0) is 13.1. The summed E-state index contributed by atoms with van der Waals surface area (Å²) in [5.74, 6) is 1.54. The first-order chi connectivity index (χ1) is 8.54. The molecule has 1 unspecified atom stereocenters. The van der Waals surface area contributed by atoms with Gasteiger partial charge in [0, 0.05) is 17.6 Å². The van der Waals surface area contributed by atoms with Crippen LogP contribution in [0.15, 0.2) is 35.1 Å². The van der Waals surface area contributed by atoms with Gasteiger partial charge in [-0.25, -0.2) is 0 Å². The number of nitrogens with two attached hydrogens (primary N) is 1. The van der Waals surface area contributed by atoms with Gasteiger partial charge in [0.2, 0.25) is 0 Å². The Morgan fingerprint density at radius 3 is 2.89 bits per heavy atom. The molecule has 0 aliphatic heterocycles. The van der Waals surface area contributed by atoms with E-state index in [2.05, 4.69) is 21.0 Å². The van der Waals surface area contributed by atoms with Gasteiger partial charge in [-0.2, -0.15) is 5.10 Å². The normalized spacial score (nSPS) is 12.4. The van der Waals surface area contributed by atoms with E-state index in [-0.39, 0.29) is 6.04 Å². The molecule has 0 saturated heterocycles. The molecule has 18 heavy (non-hydrogen) atoms. The van der Waals surface area contributed by atoms with E-state index in [0.717, 1.165) is 28.0 Å². The number of aromatic nitrogens is 2.